The van der Waals surface area contributed by atoms with Crippen molar-refractivity contribution in [2.24, 2.45) is 0 Å². The highest BCUT2D eigenvalue weighted by atomic mass is 32.2. The average molecular weight is 398 g/mol. The normalized spacial score (nSPS) is 10.4. The first-order valence-electron chi connectivity index (χ1n) is 8.26. The Morgan fingerprint density at radius 1 is 1.07 bits per heavy atom. The number of thioether (sulfide) groups is 1. The van der Waals surface area contributed by atoms with E-state index in [9.17, 15) is 4.79 Å². The van der Waals surface area contributed by atoms with Crippen LogP contribution in [0, 0.1) is 6.92 Å². The summed E-state index contributed by atoms with van der Waals surface area (Å²) in [6.07, 6.45) is 3.31. The Morgan fingerprint density at radius 2 is 1.81 bits per heavy atom. The van der Waals surface area contributed by atoms with Gasteiger partial charge in [-0.05, 0) is 43.3 Å². The third-order valence-electron chi connectivity index (χ3n) is 3.55. The topological polar surface area (TPSA) is 64.1 Å². The number of carbonyl (C=O) groups excluding carboxylic acids is 1. The molecule has 3 aromatic rings. The van der Waals surface area contributed by atoms with Gasteiger partial charge in [-0.2, -0.15) is 0 Å². The van der Waals surface area contributed by atoms with Crippen molar-refractivity contribution in [3.05, 3.63) is 66.5 Å². The van der Waals surface area contributed by atoms with Crippen molar-refractivity contribution in [3.63, 3.8) is 0 Å². The molecule has 1 N–H and O–H groups in total. The molecular formula is C20H19N3O2S2. The average Bonchev–Trinajstić information content (AvgIpc) is 2.68. The summed E-state index contributed by atoms with van der Waals surface area (Å²) < 4.78 is 5.11. The number of nitrogens with one attached hydrogen (secondary N) is 1. The largest absolute Gasteiger partial charge is 0.497 e. The molecule has 0 aliphatic carbocycles. The van der Waals surface area contributed by atoms with Crippen LogP contribution in [0.25, 0.3) is 0 Å². The molecule has 0 aliphatic rings. The van der Waals surface area contributed by atoms with Crippen LogP contribution in [0.3, 0.4) is 0 Å². The van der Waals surface area contributed by atoms with Gasteiger partial charge in [0.2, 0.25) is 5.91 Å². The Morgan fingerprint density at radius 3 is 2.52 bits per heavy atom. The van der Waals surface area contributed by atoms with Gasteiger partial charge in [-0.15, -0.1) is 0 Å². The van der Waals surface area contributed by atoms with E-state index in [-0.39, 0.29) is 11.7 Å². The van der Waals surface area contributed by atoms with Gasteiger partial charge in [-0.1, -0.05) is 41.2 Å². The minimum Gasteiger partial charge on any atom is -0.497 e. The summed E-state index contributed by atoms with van der Waals surface area (Å²) in [5, 5.41) is 4.41. The van der Waals surface area contributed by atoms with Crippen LogP contribution < -0.4 is 10.1 Å². The molecule has 0 saturated carbocycles. The molecule has 27 heavy (non-hydrogen) atoms. The Kier molecular flexibility index (Phi) is 6.73. The molecule has 0 unspecified atom stereocenters. The number of nitrogens with zero attached hydrogens (tertiary/aromatic N) is 2. The van der Waals surface area contributed by atoms with Crippen LogP contribution >= 0.6 is 23.5 Å². The van der Waals surface area contributed by atoms with Crippen molar-refractivity contribution >= 4 is 35.1 Å². The predicted octanol–water partition coefficient (Wildman–Crippen LogP) is 4.68. The van der Waals surface area contributed by atoms with Crippen LogP contribution in [0.5, 0.6) is 5.75 Å². The highest BCUT2D eigenvalue weighted by Crippen LogP contribution is 2.32. The number of rotatable bonds is 7. The number of aromatic nitrogens is 2. The Hall–Kier alpha value is -2.51. The summed E-state index contributed by atoms with van der Waals surface area (Å²) in [4.78, 5) is 22.1. The molecule has 1 amide bonds. The molecule has 0 radical (unpaired) electrons. The first-order valence-corrected chi connectivity index (χ1v) is 10.1. The van der Waals surface area contributed by atoms with Gasteiger partial charge in [0.25, 0.3) is 0 Å². The summed E-state index contributed by atoms with van der Waals surface area (Å²) in [7, 11) is 1.61. The first kappa shape index (κ1) is 19.3. The smallest absolute Gasteiger partial charge is 0.234 e. The van der Waals surface area contributed by atoms with Crippen LogP contribution in [0.4, 0.5) is 5.69 Å². The van der Waals surface area contributed by atoms with E-state index >= 15 is 0 Å². The summed E-state index contributed by atoms with van der Waals surface area (Å²) >= 11 is 2.92. The van der Waals surface area contributed by atoms with Gasteiger partial charge in [-0.3, -0.25) is 4.79 Å². The highest BCUT2D eigenvalue weighted by Gasteiger charge is 2.11. The lowest BCUT2D eigenvalue weighted by Gasteiger charge is -2.08. The number of benzene rings is 2. The van der Waals surface area contributed by atoms with E-state index in [1.165, 1.54) is 17.3 Å². The second-order valence-electron chi connectivity index (χ2n) is 5.65. The van der Waals surface area contributed by atoms with Gasteiger partial charge < -0.3 is 10.1 Å². The van der Waals surface area contributed by atoms with Gasteiger partial charge in [-0.25, -0.2) is 9.97 Å². The molecule has 5 nitrogen and oxygen atoms in total. The molecule has 7 heteroatoms. The van der Waals surface area contributed by atoms with Crippen molar-refractivity contribution in [2.45, 2.75) is 21.9 Å². The molecule has 3 rings (SSSR count). The first-order chi connectivity index (χ1) is 13.1. The molecule has 2 aromatic carbocycles. The van der Waals surface area contributed by atoms with Crippen molar-refractivity contribution in [1.82, 2.24) is 9.97 Å². The molecule has 0 fully saturated rings. The number of hydrogen-bond acceptors (Lipinski definition) is 6. The van der Waals surface area contributed by atoms with Gasteiger partial charge in [0, 0.05) is 23.0 Å². The minimum atomic E-state index is -0.0951. The van der Waals surface area contributed by atoms with Gasteiger partial charge in [0.1, 0.15) is 15.8 Å². The van der Waals surface area contributed by atoms with Crippen molar-refractivity contribution in [3.8, 4) is 5.75 Å². The third kappa shape index (κ3) is 5.74. The lowest BCUT2D eigenvalue weighted by Crippen LogP contribution is -2.14. The van der Waals surface area contributed by atoms with E-state index in [0.29, 0.717) is 0 Å². The quantitative estimate of drug-likeness (QED) is 0.584. The molecule has 0 atom stereocenters. The van der Waals surface area contributed by atoms with Gasteiger partial charge in [0.15, 0.2) is 0 Å². The molecule has 1 aromatic heterocycles. The van der Waals surface area contributed by atoms with Crippen LogP contribution in [0.15, 0.2) is 75.9 Å². The maximum atomic E-state index is 12.2. The zero-order chi connectivity index (χ0) is 19.1. The molecule has 138 valence electrons. The molecule has 1 heterocycles. The monoisotopic (exact) mass is 397 g/mol. The van der Waals surface area contributed by atoms with Gasteiger partial charge in [0.05, 0.1) is 12.9 Å². The van der Waals surface area contributed by atoms with Crippen molar-refractivity contribution in [2.75, 3.05) is 18.2 Å². The third-order valence-corrected chi connectivity index (χ3v) is 5.64. The van der Waals surface area contributed by atoms with E-state index in [1.807, 2.05) is 36.4 Å². The summed E-state index contributed by atoms with van der Waals surface area (Å²) in [6, 6.07) is 15.4. The maximum Gasteiger partial charge on any atom is 0.234 e. The minimum absolute atomic E-state index is 0.0951. The maximum absolute atomic E-state index is 12.2. The Labute approximate surface area is 167 Å². The lowest BCUT2D eigenvalue weighted by atomic mass is 10.2. The highest BCUT2D eigenvalue weighted by molar-refractivity contribution is 8.02. The van der Waals surface area contributed by atoms with E-state index in [1.54, 1.807) is 31.3 Å². The van der Waals surface area contributed by atoms with Crippen molar-refractivity contribution in [1.29, 1.82) is 0 Å². The zero-order valence-electron chi connectivity index (χ0n) is 15.0. The molecule has 0 aliphatic heterocycles. The van der Waals surface area contributed by atoms with E-state index in [2.05, 4.69) is 34.3 Å². The Bertz CT molecular complexity index is 917. The lowest BCUT2D eigenvalue weighted by molar-refractivity contribution is -0.113. The summed E-state index contributed by atoms with van der Waals surface area (Å²) in [5.41, 5.74) is 1.92. The number of carbonyl (C=O) groups is 1. The number of aryl methyl sites for hydroxylation is 1. The van der Waals surface area contributed by atoms with Crippen molar-refractivity contribution < 1.29 is 9.53 Å². The molecular weight excluding hydrogens is 378 g/mol. The number of amides is 1. The van der Waals surface area contributed by atoms with Crippen LogP contribution in [-0.4, -0.2) is 28.7 Å². The molecule has 0 spiro atoms. The van der Waals surface area contributed by atoms with Gasteiger partial charge >= 0.3 is 0 Å². The number of anilines is 1. The van der Waals surface area contributed by atoms with E-state index in [4.69, 9.17) is 4.74 Å². The number of hydrogen-bond donors (Lipinski definition) is 1. The second-order valence-corrected chi connectivity index (χ2v) is 7.68. The van der Waals surface area contributed by atoms with Crippen LogP contribution in [0.2, 0.25) is 0 Å². The Balaban J connectivity index is 1.61. The number of methoxy groups -OCH3 is 1. The van der Waals surface area contributed by atoms with E-state index in [0.717, 1.165) is 26.4 Å². The fraction of sp³-hybridized carbons (Fsp3) is 0.150. The fourth-order valence-corrected chi connectivity index (χ4v) is 4.10. The molecule has 0 saturated heterocycles. The SMILES string of the molecule is COc1ccc(NC(=O)CSc2nccnc2Sc2cccc(C)c2)cc1. The number of ether oxygens (including phenoxy) is 1. The van der Waals surface area contributed by atoms with E-state index < -0.39 is 0 Å². The summed E-state index contributed by atoms with van der Waals surface area (Å²) in [5.74, 6) is 0.911. The fourth-order valence-electron chi connectivity index (χ4n) is 2.28. The predicted molar refractivity (Wildman–Crippen MR) is 110 cm³/mol. The van der Waals surface area contributed by atoms with Crippen LogP contribution in [-0.2, 0) is 4.79 Å². The molecule has 0 bridgehead atoms. The summed E-state index contributed by atoms with van der Waals surface area (Å²) in [6.45, 7) is 2.06. The van der Waals surface area contributed by atoms with Crippen LogP contribution in [0.1, 0.15) is 5.56 Å². The second kappa shape index (κ2) is 9.43. The zero-order valence-corrected chi connectivity index (χ0v) is 16.6. The standard InChI is InChI=1S/C20H19N3O2S2/c1-14-4-3-5-17(12-14)27-20-19(21-10-11-22-20)26-13-18(24)23-15-6-8-16(25-2)9-7-15/h3-12H,13H2,1-2H3,(H,23,24).